The Morgan fingerprint density at radius 2 is 1.14 bits per heavy atom. The van der Waals surface area contributed by atoms with Crippen LogP contribution in [-0.4, -0.2) is 36.4 Å². The molecular weight excluding hydrogens is 920 g/mol. The van der Waals surface area contributed by atoms with Gasteiger partial charge in [-0.05, 0) is 48.0 Å². The molecule has 0 fully saturated rings. The van der Waals surface area contributed by atoms with E-state index in [1.165, 1.54) is 24.5 Å². The first kappa shape index (κ1) is 45.3. The summed E-state index contributed by atoms with van der Waals surface area (Å²) in [7, 11) is 0. The predicted molar refractivity (Wildman–Crippen MR) is 244 cm³/mol. The van der Waals surface area contributed by atoms with Crippen molar-refractivity contribution in [2.24, 2.45) is 0 Å². The van der Waals surface area contributed by atoms with Crippen molar-refractivity contribution in [2.75, 3.05) is 11.1 Å². The summed E-state index contributed by atoms with van der Waals surface area (Å²) in [5, 5.41) is 28.6. The molecule has 0 saturated carbocycles. The number of aldehydes is 1. The highest BCUT2D eigenvalue weighted by molar-refractivity contribution is 6.43. The summed E-state index contributed by atoms with van der Waals surface area (Å²) in [4.78, 5) is 26.5. The van der Waals surface area contributed by atoms with Gasteiger partial charge in [-0.25, -0.2) is 9.97 Å². The molecule has 4 aromatic heterocycles. The number of nitrogens with two attached hydrogens (primary N) is 1. The Hall–Kier alpha value is -4.81. The first-order valence-corrected chi connectivity index (χ1v) is 19.9. The molecule has 4 heterocycles. The molecule has 0 radical (unpaired) electrons. The minimum atomic E-state index is -0.499. The van der Waals surface area contributed by atoms with Crippen LogP contribution >= 0.6 is 92.8 Å². The van der Waals surface area contributed by atoms with Crippen LogP contribution < -0.4 is 11.1 Å². The third-order valence-corrected chi connectivity index (χ3v) is 10.9. The number of fused-ring (bicyclic) bond motifs is 2. The lowest BCUT2D eigenvalue weighted by Crippen LogP contribution is -2.14. The first-order chi connectivity index (χ1) is 28.2. The highest BCUT2D eigenvalue weighted by atomic mass is 35.5. The van der Waals surface area contributed by atoms with Crippen LogP contribution in [0.25, 0.3) is 21.8 Å². The number of carbonyl (C=O) groups excluding carboxylic acids is 1. The summed E-state index contributed by atoms with van der Waals surface area (Å²) < 4.78 is 0. The number of para-hydroxylation sites is 1. The van der Waals surface area contributed by atoms with Crippen LogP contribution in [0.4, 0.5) is 11.6 Å². The van der Waals surface area contributed by atoms with Crippen molar-refractivity contribution < 1.29 is 15.0 Å². The highest BCUT2D eigenvalue weighted by Gasteiger charge is 2.21. The first-order valence-electron chi connectivity index (χ1n) is 16.8. The number of carbonyl (C=O) groups is 1. The molecule has 0 aliphatic carbocycles. The van der Waals surface area contributed by atoms with Gasteiger partial charge in [-0.1, -0.05) is 141 Å². The Morgan fingerprint density at radius 3 is 1.73 bits per heavy atom. The second-order valence-electron chi connectivity index (χ2n) is 12.0. The number of hydrogen-bond acceptors (Lipinski definition) is 9. The van der Waals surface area contributed by atoms with E-state index in [1.807, 2.05) is 48.5 Å². The molecule has 4 aromatic carbocycles. The zero-order valence-electron chi connectivity index (χ0n) is 30.0. The number of halogens is 8. The SMILES string of the molecule is Nc1cc(Cl)c(Cl)cn1.O=Cc1ccc(Cl)c(Cl)c1.Oc1c(C(Nc2cc(Cl)c(Cl)cn2)c2ccc(Cl)c(Cl)c2)ccc2cccnc12.Oc1cccc2cccnc12. The number of phenolic OH excluding ortho intramolecular Hbond substituents is 2. The van der Waals surface area contributed by atoms with Crippen molar-refractivity contribution >= 4 is 133 Å². The fraction of sp³-hybridized carbons (Fsp3) is 0.0238. The van der Waals surface area contributed by atoms with Crippen LogP contribution in [0, 0.1) is 0 Å². The number of anilines is 2. The molecule has 17 heteroatoms. The standard InChI is InChI=1S/C21H13Cl4N3O.C9H7NO.C7H4Cl2O.C5H4Cl2N2/c22-14-6-4-12(8-15(14)23)19(28-18-9-16(24)17(25)10-27-18)13-5-3-11-2-1-7-26-20(11)21(13)29;11-8-5-1-3-7-4-2-6-10-9(7)8;8-6-2-1-5(4-10)3-7(6)9;6-3-1-5(8)9-2-4(3)7/h1-10,19,29H,(H,27,28);1-6,11H;1-4H;1-2H,(H2,8,9). The van der Waals surface area contributed by atoms with Crippen LogP contribution in [0.3, 0.4) is 0 Å². The maximum absolute atomic E-state index is 11.0. The third kappa shape index (κ3) is 12.4. The number of nitrogens with one attached hydrogen (secondary N) is 1. The van der Waals surface area contributed by atoms with Gasteiger partial charge in [0, 0.05) is 58.8 Å². The lowest BCUT2D eigenvalue weighted by Gasteiger charge is -2.22. The average molecular weight is 948 g/mol. The number of benzene rings is 4. The van der Waals surface area contributed by atoms with Gasteiger partial charge in [0.1, 0.15) is 40.5 Å². The van der Waals surface area contributed by atoms with E-state index >= 15 is 0 Å². The number of rotatable bonds is 5. The van der Waals surface area contributed by atoms with Crippen molar-refractivity contribution in [1.82, 2.24) is 19.9 Å². The van der Waals surface area contributed by atoms with Gasteiger partial charge in [0.2, 0.25) is 0 Å². The number of nitrogens with zero attached hydrogens (tertiary/aromatic N) is 4. The molecule has 0 bridgehead atoms. The van der Waals surface area contributed by atoms with E-state index in [2.05, 4.69) is 25.3 Å². The van der Waals surface area contributed by atoms with E-state index in [1.54, 1.807) is 54.9 Å². The molecule has 0 spiro atoms. The third-order valence-electron chi connectivity index (χ3n) is 7.99. The molecule has 0 amide bonds. The van der Waals surface area contributed by atoms with E-state index in [-0.39, 0.29) is 11.5 Å². The van der Waals surface area contributed by atoms with Crippen LogP contribution in [-0.2, 0) is 0 Å². The van der Waals surface area contributed by atoms with E-state index < -0.39 is 6.04 Å². The number of pyridine rings is 4. The summed E-state index contributed by atoms with van der Waals surface area (Å²) in [6, 6.07) is 29.2. The molecule has 0 saturated heterocycles. The van der Waals surface area contributed by atoms with Crippen LogP contribution in [0.1, 0.15) is 27.5 Å². The largest absolute Gasteiger partial charge is 0.506 e. The van der Waals surface area contributed by atoms with Gasteiger partial charge < -0.3 is 21.3 Å². The van der Waals surface area contributed by atoms with Crippen molar-refractivity contribution in [1.29, 1.82) is 0 Å². The maximum Gasteiger partial charge on any atom is 0.150 e. The molecule has 59 heavy (non-hydrogen) atoms. The van der Waals surface area contributed by atoms with Crippen LogP contribution in [0.5, 0.6) is 11.5 Å². The van der Waals surface area contributed by atoms with Crippen molar-refractivity contribution in [2.45, 2.75) is 6.04 Å². The molecule has 0 aliphatic rings. The van der Waals surface area contributed by atoms with Crippen molar-refractivity contribution in [3.63, 3.8) is 0 Å². The summed E-state index contributed by atoms with van der Waals surface area (Å²) in [6.07, 6.45) is 6.90. The average Bonchev–Trinajstić information content (AvgIpc) is 3.23. The predicted octanol–water partition coefficient (Wildman–Crippen LogP) is 13.9. The molecule has 9 nitrogen and oxygen atoms in total. The minimum Gasteiger partial charge on any atom is -0.506 e. The number of phenols is 2. The van der Waals surface area contributed by atoms with Gasteiger partial charge in [-0.2, -0.15) is 0 Å². The maximum atomic E-state index is 11.0. The summed E-state index contributed by atoms with van der Waals surface area (Å²) >= 11 is 46.7. The Balaban J connectivity index is 0.000000179. The Kier molecular flexibility index (Phi) is 16.5. The summed E-state index contributed by atoms with van der Waals surface area (Å²) in [6.45, 7) is 0. The minimum absolute atomic E-state index is 0.0618. The second-order valence-corrected chi connectivity index (χ2v) is 15.2. The fourth-order valence-electron chi connectivity index (χ4n) is 5.15. The van der Waals surface area contributed by atoms with Gasteiger partial charge >= 0.3 is 0 Å². The number of aromatic hydroxyl groups is 2. The normalized spacial score (nSPS) is 10.9. The number of aromatic nitrogens is 4. The van der Waals surface area contributed by atoms with E-state index in [0.29, 0.717) is 74.0 Å². The molecular formula is C42H28Cl8N6O3. The van der Waals surface area contributed by atoms with Crippen LogP contribution in [0.2, 0.25) is 40.2 Å². The van der Waals surface area contributed by atoms with Gasteiger partial charge in [0.25, 0.3) is 0 Å². The van der Waals surface area contributed by atoms with Crippen LogP contribution in [0.15, 0.2) is 128 Å². The highest BCUT2D eigenvalue weighted by Crippen LogP contribution is 2.38. The van der Waals surface area contributed by atoms with Gasteiger partial charge in [-0.3, -0.25) is 14.8 Å². The van der Waals surface area contributed by atoms with Gasteiger partial charge in [0.05, 0.1) is 46.2 Å². The van der Waals surface area contributed by atoms with Crippen molar-refractivity contribution in [3.8, 4) is 11.5 Å². The van der Waals surface area contributed by atoms with E-state index in [9.17, 15) is 15.0 Å². The monoisotopic (exact) mass is 944 g/mol. The summed E-state index contributed by atoms with van der Waals surface area (Å²) in [5.41, 5.74) is 8.35. The number of nitrogen functional groups attached to an aromatic ring is 1. The Morgan fingerprint density at radius 1 is 0.559 bits per heavy atom. The summed E-state index contributed by atoms with van der Waals surface area (Å²) in [5.74, 6) is 1.16. The zero-order chi connectivity index (χ0) is 42.6. The van der Waals surface area contributed by atoms with Gasteiger partial charge in [-0.15, -0.1) is 0 Å². The van der Waals surface area contributed by atoms with Crippen molar-refractivity contribution in [3.05, 3.63) is 185 Å². The fourth-order valence-corrected chi connectivity index (χ4v) is 6.29. The van der Waals surface area contributed by atoms with E-state index in [4.69, 9.17) is 98.5 Å². The molecule has 300 valence electrons. The smallest absolute Gasteiger partial charge is 0.150 e. The molecule has 8 aromatic rings. The molecule has 1 atom stereocenters. The molecule has 0 aliphatic heterocycles. The molecule has 8 rings (SSSR count). The molecule has 1 unspecified atom stereocenters. The zero-order valence-corrected chi connectivity index (χ0v) is 36.0. The second kappa shape index (κ2) is 21.4. The Labute approximate surface area is 378 Å². The van der Waals surface area contributed by atoms with Gasteiger partial charge in [0.15, 0.2) is 0 Å². The number of hydrogen-bond donors (Lipinski definition) is 4. The lowest BCUT2D eigenvalue weighted by molar-refractivity contribution is 0.112. The Bertz CT molecular complexity index is 2740. The quantitative estimate of drug-likeness (QED) is 0.124. The van der Waals surface area contributed by atoms with E-state index in [0.717, 1.165) is 22.6 Å². The lowest BCUT2D eigenvalue weighted by atomic mass is 9.96. The topological polar surface area (TPSA) is 147 Å². The molecule has 5 N–H and O–H groups in total.